The summed E-state index contributed by atoms with van der Waals surface area (Å²) >= 11 is 6.21. The molecule has 0 fully saturated rings. The van der Waals surface area contributed by atoms with Crippen molar-refractivity contribution in [2.45, 2.75) is 13.3 Å². The number of furan rings is 1. The van der Waals surface area contributed by atoms with Gasteiger partial charge in [0.25, 0.3) is 0 Å². The van der Waals surface area contributed by atoms with Crippen molar-refractivity contribution in [2.75, 3.05) is 7.11 Å². The maximum absolute atomic E-state index is 6.21. The molecule has 3 aromatic heterocycles. The Morgan fingerprint density at radius 1 is 1.20 bits per heavy atom. The number of rotatable bonds is 4. The van der Waals surface area contributed by atoms with Crippen LogP contribution in [0.1, 0.15) is 16.8 Å². The molecule has 0 unspecified atom stereocenters. The van der Waals surface area contributed by atoms with Crippen LogP contribution in [0, 0.1) is 6.92 Å². The number of aryl methyl sites for hydroxylation is 1. The average Bonchev–Trinajstić information content (AvgIpc) is 3.24. The van der Waals surface area contributed by atoms with E-state index in [-0.39, 0.29) is 0 Å². The molecule has 0 aliphatic carbocycles. The minimum atomic E-state index is 0.670. The van der Waals surface area contributed by atoms with Gasteiger partial charge in [-0.05, 0) is 54.4 Å². The Balaban J connectivity index is 1.87. The highest BCUT2D eigenvalue weighted by Gasteiger charge is 2.17. The minimum Gasteiger partial charge on any atom is -0.497 e. The Bertz CT molecular complexity index is 1040. The van der Waals surface area contributed by atoms with E-state index in [9.17, 15) is 0 Å². The maximum Gasteiger partial charge on any atom is 0.154 e. The SMILES string of the molecule is COc1ccc(Cc2c(-c3ccco3)nc3ccc(Cl)cn23)c(C)c1. The van der Waals surface area contributed by atoms with E-state index in [2.05, 4.69) is 13.0 Å². The van der Waals surface area contributed by atoms with Crippen LogP contribution in [0.15, 0.2) is 59.3 Å². The van der Waals surface area contributed by atoms with Crippen LogP contribution in [0.4, 0.5) is 0 Å². The Morgan fingerprint density at radius 2 is 2.08 bits per heavy atom. The summed E-state index contributed by atoms with van der Waals surface area (Å²) in [5.74, 6) is 1.61. The van der Waals surface area contributed by atoms with Gasteiger partial charge in [-0.3, -0.25) is 0 Å². The third kappa shape index (κ3) is 2.89. The zero-order chi connectivity index (χ0) is 17.4. The molecule has 0 N–H and O–H groups in total. The first-order valence-corrected chi connectivity index (χ1v) is 8.37. The first kappa shape index (κ1) is 15.8. The van der Waals surface area contributed by atoms with Crippen molar-refractivity contribution in [3.05, 3.63) is 76.8 Å². The van der Waals surface area contributed by atoms with Crippen molar-refractivity contribution < 1.29 is 9.15 Å². The van der Waals surface area contributed by atoms with Crippen molar-refractivity contribution >= 4 is 17.2 Å². The zero-order valence-corrected chi connectivity index (χ0v) is 14.7. The van der Waals surface area contributed by atoms with Gasteiger partial charge in [0.05, 0.1) is 24.1 Å². The fourth-order valence-corrected chi connectivity index (χ4v) is 3.18. The summed E-state index contributed by atoms with van der Waals surface area (Å²) in [6, 6.07) is 13.7. The predicted octanol–water partition coefficient (Wildman–Crippen LogP) is 5.16. The van der Waals surface area contributed by atoms with Crippen LogP contribution in [0.3, 0.4) is 0 Å². The topological polar surface area (TPSA) is 39.7 Å². The molecule has 0 bridgehead atoms. The van der Waals surface area contributed by atoms with E-state index in [1.807, 2.05) is 47.0 Å². The highest BCUT2D eigenvalue weighted by molar-refractivity contribution is 6.30. The first-order valence-electron chi connectivity index (χ1n) is 7.99. The van der Waals surface area contributed by atoms with Gasteiger partial charge in [-0.15, -0.1) is 0 Å². The summed E-state index contributed by atoms with van der Waals surface area (Å²) < 4.78 is 12.9. The van der Waals surface area contributed by atoms with E-state index in [0.29, 0.717) is 11.4 Å². The van der Waals surface area contributed by atoms with E-state index >= 15 is 0 Å². The smallest absolute Gasteiger partial charge is 0.154 e. The minimum absolute atomic E-state index is 0.670. The summed E-state index contributed by atoms with van der Waals surface area (Å²) in [5, 5.41) is 0.670. The molecule has 5 heteroatoms. The molecule has 1 aromatic carbocycles. The maximum atomic E-state index is 6.21. The molecule has 0 aliphatic rings. The number of hydrogen-bond acceptors (Lipinski definition) is 3. The number of pyridine rings is 1. The van der Waals surface area contributed by atoms with Gasteiger partial charge in [-0.1, -0.05) is 17.7 Å². The lowest BCUT2D eigenvalue weighted by Gasteiger charge is -2.09. The fourth-order valence-electron chi connectivity index (χ4n) is 3.02. The van der Waals surface area contributed by atoms with E-state index in [0.717, 1.165) is 28.5 Å². The Hall–Kier alpha value is -2.72. The molecule has 0 spiro atoms. The molecule has 4 rings (SSSR count). The predicted molar refractivity (Wildman–Crippen MR) is 98.4 cm³/mol. The monoisotopic (exact) mass is 352 g/mol. The van der Waals surface area contributed by atoms with Gasteiger partial charge in [0.15, 0.2) is 5.76 Å². The van der Waals surface area contributed by atoms with E-state index < -0.39 is 0 Å². The first-order chi connectivity index (χ1) is 12.2. The number of aromatic nitrogens is 2. The van der Waals surface area contributed by atoms with Gasteiger partial charge >= 0.3 is 0 Å². The van der Waals surface area contributed by atoms with E-state index in [1.165, 1.54) is 11.1 Å². The Kier molecular flexibility index (Phi) is 3.98. The number of halogens is 1. The van der Waals surface area contributed by atoms with Crippen molar-refractivity contribution in [3.63, 3.8) is 0 Å². The number of fused-ring (bicyclic) bond motifs is 1. The van der Waals surface area contributed by atoms with E-state index in [4.69, 9.17) is 25.7 Å². The lowest BCUT2D eigenvalue weighted by molar-refractivity contribution is 0.414. The molecule has 0 amide bonds. The van der Waals surface area contributed by atoms with Gasteiger partial charge in [-0.25, -0.2) is 4.98 Å². The summed E-state index contributed by atoms with van der Waals surface area (Å²) in [6.07, 6.45) is 4.27. The summed E-state index contributed by atoms with van der Waals surface area (Å²) in [7, 11) is 1.68. The Labute approximate surface area is 150 Å². The van der Waals surface area contributed by atoms with Crippen molar-refractivity contribution in [2.24, 2.45) is 0 Å². The van der Waals surface area contributed by atoms with Crippen molar-refractivity contribution in [1.29, 1.82) is 0 Å². The fraction of sp³-hybridized carbons (Fsp3) is 0.150. The molecule has 0 aliphatic heterocycles. The second-order valence-electron chi connectivity index (χ2n) is 5.93. The lowest BCUT2D eigenvalue weighted by Crippen LogP contribution is -1.99. The Morgan fingerprint density at radius 3 is 2.80 bits per heavy atom. The molecule has 126 valence electrons. The highest BCUT2D eigenvalue weighted by Crippen LogP contribution is 2.29. The third-order valence-electron chi connectivity index (χ3n) is 4.34. The van der Waals surface area contributed by atoms with Crippen LogP contribution in [-0.2, 0) is 6.42 Å². The van der Waals surface area contributed by atoms with Crippen LogP contribution < -0.4 is 4.74 Å². The molecule has 4 aromatic rings. The molecular formula is C20H17ClN2O2. The summed E-state index contributed by atoms with van der Waals surface area (Å²) in [6.45, 7) is 2.08. The number of hydrogen-bond donors (Lipinski definition) is 0. The van der Waals surface area contributed by atoms with Gasteiger partial charge < -0.3 is 13.6 Å². The van der Waals surface area contributed by atoms with Gasteiger partial charge in [0.1, 0.15) is 17.1 Å². The normalized spacial score (nSPS) is 11.2. The van der Waals surface area contributed by atoms with Crippen molar-refractivity contribution in [3.8, 4) is 17.2 Å². The molecule has 0 saturated heterocycles. The zero-order valence-electron chi connectivity index (χ0n) is 14.0. The highest BCUT2D eigenvalue weighted by atomic mass is 35.5. The third-order valence-corrected chi connectivity index (χ3v) is 4.57. The summed E-state index contributed by atoms with van der Waals surface area (Å²) in [5.41, 5.74) is 5.09. The van der Waals surface area contributed by atoms with Crippen molar-refractivity contribution in [1.82, 2.24) is 9.38 Å². The van der Waals surface area contributed by atoms with Crippen LogP contribution in [0.5, 0.6) is 5.75 Å². The second-order valence-corrected chi connectivity index (χ2v) is 6.37. The number of imidazole rings is 1. The van der Waals surface area contributed by atoms with Gasteiger partial charge in [0.2, 0.25) is 0 Å². The second kappa shape index (κ2) is 6.30. The number of methoxy groups -OCH3 is 1. The average molecular weight is 353 g/mol. The molecule has 4 nitrogen and oxygen atoms in total. The number of nitrogens with zero attached hydrogens (tertiary/aromatic N) is 2. The quantitative estimate of drug-likeness (QED) is 0.509. The van der Waals surface area contributed by atoms with Gasteiger partial charge in [0, 0.05) is 12.6 Å². The molecule has 0 atom stereocenters. The number of ether oxygens (including phenoxy) is 1. The summed E-state index contributed by atoms with van der Waals surface area (Å²) in [4.78, 5) is 4.74. The molecule has 0 saturated carbocycles. The van der Waals surface area contributed by atoms with Crippen LogP contribution in [0.25, 0.3) is 17.1 Å². The van der Waals surface area contributed by atoms with Crippen LogP contribution >= 0.6 is 11.6 Å². The number of benzene rings is 1. The molecule has 25 heavy (non-hydrogen) atoms. The van der Waals surface area contributed by atoms with Crippen LogP contribution in [-0.4, -0.2) is 16.5 Å². The molecule has 0 radical (unpaired) electrons. The van der Waals surface area contributed by atoms with E-state index in [1.54, 1.807) is 13.4 Å². The molecule has 3 heterocycles. The lowest BCUT2D eigenvalue weighted by atomic mass is 10.0. The molecular weight excluding hydrogens is 336 g/mol. The van der Waals surface area contributed by atoms with Crippen LogP contribution in [0.2, 0.25) is 5.02 Å². The van der Waals surface area contributed by atoms with Gasteiger partial charge in [-0.2, -0.15) is 0 Å². The largest absolute Gasteiger partial charge is 0.497 e. The standard InChI is InChI=1S/C20H17ClN2O2/c1-13-10-16(24-2)7-5-14(13)11-17-20(18-4-3-9-25-18)22-19-8-6-15(21)12-23(17)19/h3-10,12H,11H2,1-2H3.